The minimum absolute atomic E-state index is 0.0426. The number of hydrogen-bond acceptors (Lipinski definition) is 2. The first-order valence-corrected chi connectivity index (χ1v) is 6.38. The van der Waals surface area contributed by atoms with E-state index in [1.165, 1.54) is 0 Å². The van der Waals surface area contributed by atoms with Crippen LogP contribution < -0.4 is 0 Å². The molecule has 3 nitrogen and oxygen atoms in total. The Morgan fingerprint density at radius 1 is 1.39 bits per heavy atom. The van der Waals surface area contributed by atoms with Gasteiger partial charge in [-0.05, 0) is 25.5 Å². The van der Waals surface area contributed by atoms with Crippen molar-refractivity contribution < 1.29 is 9.59 Å². The number of benzene rings is 1. The van der Waals surface area contributed by atoms with Crippen LogP contribution in [0.3, 0.4) is 0 Å². The van der Waals surface area contributed by atoms with Gasteiger partial charge in [0.2, 0.25) is 5.91 Å². The van der Waals surface area contributed by atoms with Crippen LogP contribution >= 0.6 is 11.6 Å². The molecule has 1 saturated heterocycles. The van der Waals surface area contributed by atoms with Crippen LogP contribution in [-0.2, 0) is 16.0 Å². The van der Waals surface area contributed by atoms with Crippen molar-refractivity contribution in [2.75, 3.05) is 6.54 Å². The maximum atomic E-state index is 12.2. The Morgan fingerprint density at radius 3 is 2.61 bits per heavy atom. The van der Waals surface area contributed by atoms with Gasteiger partial charge in [0.05, 0.1) is 12.0 Å². The molecule has 1 fully saturated rings. The summed E-state index contributed by atoms with van der Waals surface area (Å²) in [5.41, 5.74) is 0.123. The van der Waals surface area contributed by atoms with Gasteiger partial charge < -0.3 is 4.90 Å². The molecule has 0 spiro atoms. The third-order valence-corrected chi connectivity index (χ3v) is 3.89. The van der Waals surface area contributed by atoms with Gasteiger partial charge >= 0.3 is 0 Å². The molecule has 1 aliphatic rings. The number of rotatable bonds is 2. The molecule has 1 amide bonds. The lowest BCUT2D eigenvalue weighted by atomic mass is 10.00. The molecule has 0 aliphatic carbocycles. The first kappa shape index (κ1) is 13.1. The summed E-state index contributed by atoms with van der Waals surface area (Å²) in [6.45, 7) is 4.11. The summed E-state index contributed by atoms with van der Waals surface area (Å²) < 4.78 is 0. The van der Waals surface area contributed by atoms with Gasteiger partial charge in [-0.2, -0.15) is 0 Å². The molecule has 1 heterocycles. The second kappa shape index (κ2) is 4.73. The molecule has 0 N–H and O–H groups in total. The van der Waals surface area contributed by atoms with E-state index in [4.69, 9.17) is 11.6 Å². The molecule has 1 aliphatic heterocycles. The van der Waals surface area contributed by atoms with Gasteiger partial charge in [0.25, 0.3) is 0 Å². The maximum absolute atomic E-state index is 12.2. The Morgan fingerprint density at radius 2 is 2.06 bits per heavy atom. The van der Waals surface area contributed by atoms with Crippen LogP contribution in [0.5, 0.6) is 0 Å². The quantitative estimate of drug-likeness (QED) is 0.824. The molecule has 18 heavy (non-hydrogen) atoms. The normalized spacial score (nSPS) is 18.2. The van der Waals surface area contributed by atoms with E-state index in [0.717, 1.165) is 5.56 Å². The van der Waals surface area contributed by atoms with Crippen molar-refractivity contribution in [3.8, 4) is 0 Å². The number of Topliss-reactive ketones (excluding diaryl/α,β-unsaturated/α-hetero) is 1. The third kappa shape index (κ3) is 2.27. The first-order valence-electron chi connectivity index (χ1n) is 6.00. The lowest BCUT2D eigenvalue weighted by molar-refractivity contribution is -0.138. The highest BCUT2D eigenvalue weighted by atomic mass is 35.5. The number of carbonyl (C=O) groups is 2. The van der Waals surface area contributed by atoms with Gasteiger partial charge in [0, 0.05) is 18.0 Å². The van der Waals surface area contributed by atoms with Crippen molar-refractivity contribution in [1.29, 1.82) is 0 Å². The van der Waals surface area contributed by atoms with E-state index in [9.17, 15) is 9.59 Å². The van der Waals surface area contributed by atoms with Gasteiger partial charge in [-0.3, -0.25) is 9.59 Å². The molecule has 0 atom stereocenters. The smallest absolute Gasteiger partial charge is 0.227 e. The Bertz CT molecular complexity index is 496. The van der Waals surface area contributed by atoms with E-state index >= 15 is 0 Å². The predicted octanol–water partition coefficient (Wildman–Crippen LogP) is 2.46. The zero-order chi connectivity index (χ0) is 13.3. The van der Waals surface area contributed by atoms with Crippen molar-refractivity contribution in [3.63, 3.8) is 0 Å². The summed E-state index contributed by atoms with van der Waals surface area (Å²) in [6.07, 6.45) is 0.692. The summed E-state index contributed by atoms with van der Waals surface area (Å²) in [7, 11) is 0. The Balaban J connectivity index is 2.15. The summed E-state index contributed by atoms with van der Waals surface area (Å²) in [5, 5.41) is 0.592. The van der Waals surface area contributed by atoms with Gasteiger partial charge in [-0.1, -0.05) is 29.8 Å². The number of halogens is 1. The lowest BCUT2D eigenvalue weighted by Gasteiger charge is -2.30. The van der Waals surface area contributed by atoms with Crippen LogP contribution in [0, 0.1) is 0 Å². The van der Waals surface area contributed by atoms with E-state index < -0.39 is 5.54 Å². The number of hydrogen-bond donors (Lipinski definition) is 0. The highest BCUT2D eigenvalue weighted by Crippen LogP contribution is 2.26. The highest BCUT2D eigenvalue weighted by Gasteiger charge is 2.42. The van der Waals surface area contributed by atoms with Crippen LogP contribution in [0.2, 0.25) is 5.02 Å². The van der Waals surface area contributed by atoms with Crippen LogP contribution in [0.25, 0.3) is 0 Å². The average Bonchev–Trinajstić information content (AvgIpc) is 2.57. The second-order valence-corrected chi connectivity index (χ2v) is 5.45. The van der Waals surface area contributed by atoms with Crippen molar-refractivity contribution in [1.82, 2.24) is 4.90 Å². The van der Waals surface area contributed by atoms with E-state index in [0.29, 0.717) is 18.0 Å². The van der Waals surface area contributed by atoms with Crippen molar-refractivity contribution >= 4 is 23.3 Å². The average molecular weight is 266 g/mol. The van der Waals surface area contributed by atoms with E-state index in [1.54, 1.807) is 24.8 Å². The van der Waals surface area contributed by atoms with Gasteiger partial charge in [-0.15, -0.1) is 0 Å². The van der Waals surface area contributed by atoms with Crippen LogP contribution in [0.1, 0.15) is 25.8 Å². The minimum Gasteiger partial charge on any atom is -0.330 e. The van der Waals surface area contributed by atoms with Crippen molar-refractivity contribution in [3.05, 3.63) is 34.9 Å². The number of nitrogens with zero attached hydrogens (tertiary/aromatic N) is 1. The Labute approximate surface area is 112 Å². The van der Waals surface area contributed by atoms with Gasteiger partial charge in [-0.25, -0.2) is 0 Å². The fourth-order valence-corrected chi connectivity index (χ4v) is 2.49. The predicted molar refractivity (Wildman–Crippen MR) is 70.6 cm³/mol. The molecule has 0 radical (unpaired) electrons. The standard InChI is InChI=1S/C14H16ClNO2/c1-14(2)12(17)7-8-16(14)13(18)9-10-5-3-4-6-11(10)15/h3-6H,7-9H2,1-2H3. The maximum Gasteiger partial charge on any atom is 0.227 e. The van der Waals surface area contributed by atoms with E-state index in [1.807, 2.05) is 18.2 Å². The first-order chi connectivity index (χ1) is 8.43. The van der Waals surface area contributed by atoms with Crippen LogP contribution in [0.15, 0.2) is 24.3 Å². The topological polar surface area (TPSA) is 37.4 Å². The largest absolute Gasteiger partial charge is 0.330 e. The second-order valence-electron chi connectivity index (χ2n) is 5.05. The Kier molecular flexibility index (Phi) is 3.44. The fourth-order valence-electron chi connectivity index (χ4n) is 2.29. The third-order valence-electron chi connectivity index (χ3n) is 3.52. The number of likely N-dealkylation sites (tertiary alicyclic amines) is 1. The number of amides is 1. The number of ketones is 1. The molecule has 4 heteroatoms. The van der Waals surface area contributed by atoms with Crippen LogP contribution in [0.4, 0.5) is 0 Å². The highest BCUT2D eigenvalue weighted by molar-refractivity contribution is 6.31. The summed E-state index contributed by atoms with van der Waals surface area (Å²) in [5.74, 6) is 0.0777. The minimum atomic E-state index is -0.682. The fraction of sp³-hybridized carbons (Fsp3) is 0.429. The van der Waals surface area contributed by atoms with E-state index in [2.05, 4.69) is 0 Å². The molecule has 0 unspecified atom stereocenters. The van der Waals surface area contributed by atoms with E-state index in [-0.39, 0.29) is 18.1 Å². The summed E-state index contributed by atoms with van der Waals surface area (Å²) in [6, 6.07) is 7.30. The van der Waals surface area contributed by atoms with Gasteiger partial charge in [0.15, 0.2) is 5.78 Å². The van der Waals surface area contributed by atoms with Crippen molar-refractivity contribution in [2.24, 2.45) is 0 Å². The summed E-state index contributed by atoms with van der Waals surface area (Å²) >= 11 is 6.04. The lowest BCUT2D eigenvalue weighted by Crippen LogP contribution is -2.47. The summed E-state index contributed by atoms with van der Waals surface area (Å²) in [4.78, 5) is 25.6. The molecule has 0 saturated carbocycles. The molecule has 1 aromatic rings. The molecule has 0 aromatic heterocycles. The SMILES string of the molecule is CC1(C)C(=O)CCN1C(=O)Cc1ccccc1Cl. The molecule has 0 bridgehead atoms. The molecular formula is C14H16ClNO2. The molecule has 1 aromatic carbocycles. The molecule has 2 rings (SSSR count). The Hall–Kier alpha value is -1.35. The van der Waals surface area contributed by atoms with Crippen molar-refractivity contribution in [2.45, 2.75) is 32.2 Å². The molecular weight excluding hydrogens is 250 g/mol. The zero-order valence-electron chi connectivity index (χ0n) is 10.6. The van der Waals surface area contributed by atoms with Crippen LogP contribution in [-0.4, -0.2) is 28.7 Å². The monoisotopic (exact) mass is 265 g/mol. The number of carbonyl (C=O) groups excluding carboxylic acids is 2. The zero-order valence-corrected chi connectivity index (χ0v) is 11.3. The van der Waals surface area contributed by atoms with Gasteiger partial charge in [0.1, 0.15) is 0 Å². The molecule has 96 valence electrons.